The zero-order chi connectivity index (χ0) is 23.1. The van der Waals surface area contributed by atoms with Crippen molar-refractivity contribution in [2.24, 2.45) is 0 Å². The van der Waals surface area contributed by atoms with Crippen molar-refractivity contribution in [2.45, 2.75) is 36.3 Å². The summed E-state index contributed by atoms with van der Waals surface area (Å²) in [4.78, 5) is 10.1. The Hall–Kier alpha value is -1.96. The number of carbonyl (C=O) groups is 1. The summed E-state index contributed by atoms with van der Waals surface area (Å²) in [6.45, 7) is 0. The number of ether oxygens (including phenoxy) is 2. The minimum atomic E-state index is -7.67. The first-order chi connectivity index (χ1) is 12.0. The maximum Gasteiger partial charge on any atom is 0.460 e. The molecule has 4 N–H and O–H groups in total. The first kappa shape index (κ1) is 29.2. The van der Waals surface area contributed by atoms with Crippen LogP contribution in [-0.2, 0) is 14.3 Å². The van der Waals surface area contributed by atoms with Crippen LogP contribution in [0.4, 0.5) is 65.9 Å². The number of alkyl halides is 12. The zero-order valence-electron chi connectivity index (χ0n) is 12.5. The Balaban J connectivity index is 0. The topological polar surface area (TPSA) is 90.8 Å². The molecule has 0 aromatic heterocycles. The fourth-order valence-corrected chi connectivity index (χ4v) is 1.08. The van der Waals surface area contributed by atoms with E-state index in [0.717, 1.165) is 0 Å². The van der Waals surface area contributed by atoms with Gasteiger partial charge in [-0.1, -0.05) is 0 Å². The highest BCUT2D eigenvalue weighted by Gasteiger charge is 2.82. The van der Waals surface area contributed by atoms with Gasteiger partial charge in [0.2, 0.25) is 0 Å². The molecule has 2 unspecified atom stereocenters. The van der Waals surface area contributed by atoms with Gasteiger partial charge in [-0.25, -0.2) is 4.79 Å². The molecule has 0 aliphatic rings. The van der Waals surface area contributed by atoms with Crippen LogP contribution in [0.2, 0.25) is 0 Å². The molecule has 0 bridgehead atoms. The molecule has 0 saturated heterocycles. The highest BCUT2D eigenvalue weighted by Crippen LogP contribution is 2.53. The van der Waals surface area contributed by atoms with E-state index in [2.05, 4.69) is 0 Å². The molecule has 0 aliphatic carbocycles. The lowest BCUT2D eigenvalue weighted by Gasteiger charge is -2.37. The Morgan fingerprint density at radius 1 is 0.690 bits per heavy atom. The van der Waals surface area contributed by atoms with Crippen molar-refractivity contribution < 1.29 is 85.2 Å². The molecule has 0 saturated carbocycles. The van der Waals surface area contributed by atoms with Gasteiger partial charge in [-0.15, -0.1) is 0 Å². The number of hydrogen-bond donors (Lipinski definition) is 2. The molecule has 0 aromatic carbocycles. The second kappa shape index (κ2) is 8.05. The third-order valence-electron chi connectivity index (χ3n) is 2.34. The van der Waals surface area contributed by atoms with Gasteiger partial charge in [-0.05, 0) is 0 Å². The number of carboxylic acids is 1. The van der Waals surface area contributed by atoms with Crippen LogP contribution in [0.15, 0.2) is 11.9 Å². The quantitative estimate of drug-likeness (QED) is 0.507. The fourth-order valence-electron chi connectivity index (χ4n) is 1.08. The maximum absolute atomic E-state index is 13.5. The molecule has 0 amide bonds. The van der Waals surface area contributed by atoms with Crippen LogP contribution in [-0.4, -0.2) is 47.4 Å². The van der Waals surface area contributed by atoms with E-state index in [1.807, 2.05) is 0 Å². The number of aliphatic carboxylic acids is 1. The highest BCUT2D eigenvalue weighted by atomic mass is 19.4. The summed E-state index contributed by atoms with van der Waals surface area (Å²) in [6.07, 6.45) is -33.6. The lowest BCUT2D eigenvalue weighted by atomic mass is 10.2. The molecule has 0 spiro atoms. The van der Waals surface area contributed by atoms with Crippen LogP contribution in [0.1, 0.15) is 0 Å². The monoisotopic (exact) mass is 475 g/mol. The van der Waals surface area contributed by atoms with Crippen LogP contribution < -0.4 is 6.15 Å². The van der Waals surface area contributed by atoms with Crippen molar-refractivity contribution in [3.05, 3.63) is 11.9 Å². The molecule has 5 nitrogen and oxygen atoms in total. The molecule has 174 valence electrons. The summed E-state index contributed by atoms with van der Waals surface area (Å²) < 4.78 is 191. The minimum Gasteiger partial charge on any atom is -0.477 e. The van der Waals surface area contributed by atoms with Crippen molar-refractivity contribution in [1.29, 1.82) is 0 Å². The van der Waals surface area contributed by atoms with E-state index in [1.54, 1.807) is 9.47 Å². The lowest BCUT2D eigenvalue weighted by molar-refractivity contribution is -0.522. The Kier molecular flexibility index (Phi) is 8.12. The van der Waals surface area contributed by atoms with Gasteiger partial charge in [0.05, 0.1) is 0 Å². The molecule has 0 aliphatic heterocycles. The van der Waals surface area contributed by atoms with Crippen LogP contribution >= 0.6 is 0 Å². The zero-order valence-corrected chi connectivity index (χ0v) is 12.5. The number of carboxylic acid groups (broad SMARTS) is 1. The predicted molar refractivity (Wildman–Crippen MR) is 54.9 cm³/mol. The second-order valence-corrected chi connectivity index (χ2v) is 4.30. The largest absolute Gasteiger partial charge is 0.477 e. The van der Waals surface area contributed by atoms with Crippen molar-refractivity contribution in [1.82, 2.24) is 6.15 Å². The highest BCUT2D eigenvalue weighted by molar-refractivity contribution is 5.76. The lowest BCUT2D eigenvalue weighted by Crippen LogP contribution is -2.65. The van der Waals surface area contributed by atoms with Gasteiger partial charge in [-0.3, -0.25) is 9.47 Å². The number of hydrogen-bond acceptors (Lipinski definition) is 4. The molecule has 2 atom stereocenters. The van der Waals surface area contributed by atoms with E-state index in [0.29, 0.717) is 0 Å². The van der Waals surface area contributed by atoms with Crippen LogP contribution in [0.3, 0.4) is 0 Å². The van der Waals surface area contributed by atoms with Gasteiger partial charge in [0.25, 0.3) is 5.83 Å². The summed E-state index contributed by atoms with van der Waals surface area (Å²) in [6, 6.07) is 0. The van der Waals surface area contributed by atoms with Gasteiger partial charge >= 0.3 is 48.3 Å². The maximum atomic E-state index is 13.5. The van der Waals surface area contributed by atoms with E-state index >= 15 is 0 Å². The second-order valence-electron chi connectivity index (χ2n) is 4.30. The van der Waals surface area contributed by atoms with Crippen molar-refractivity contribution >= 4 is 5.97 Å². The van der Waals surface area contributed by atoms with Gasteiger partial charge in [0, 0.05) is 0 Å². The van der Waals surface area contributed by atoms with Crippen LogP contribution in [0, 0.1) is 0 Å². The SMILES string of the molecule is N.O=C(O)C(F)(OC(F)(F)C(F)(OC(F)(F)C(F)=C(F)F)C(F)(F)F)C(F)(F)F. The first-order valence-electron chi connectivity index (χ1n) is 5.58. The summed E-state index contributed by atoms with van der Waals surface area (Å²) in [5, 5.41) is 7.88. The van der Waals surface area contributed by atoms with Crippen molar-refractivity contribution in [3.8, 4) is 0 Å². The van der Waals surface area contributed by atoms with E-state index in [1.165, 1.54) is 0 Å². The number of rotatable bonds is 7. The first-order valence-corrected chi connectivity index (χ1v) is 5.58. The van der Waals surface area contributed by atoms with E-state index in [4.69, 9.17) is 5.11 Å². The van der Waals surface area contributed by atoms with Gasteiger partial charge in [0.15, 0.2) is 0 Å². The minimum absolute atomic E-state index is 0. The number of halogens is 15. The molecule has 0 rings (SSSR count). The smallest absolute Gasteiger partial charge is 0.460 e. The Morgan fingerprint density at radius 3 is 1.31 bits per heavy atom. The van der Waals surface area contributed by atoms with Crippen molar-refractivity contribution in [3.63, 3.8) is 0 Å². The third-order valence-corrected chi connectivity index (χ3v) is 2.34. The average molecular weight is 475 g/mol. The summed E-state index contributed by atoms with van der Waals surface area (Å²) in [5.74, 6) is -23.1. The Labute approximate surface area is 147 Å². The summed E-state index contributed by atoms with van der Waals surface area (Å²) >= 11 is 0. The summed E-state index contributed by atoms with van der Waals surface area (Å²) in [7, 11) is 0. The fraction of sp³-hybridized carbons (Fsp3) is 0.667. The standard InChI is InChI=1S/C9HF15O4.H3N/c10-1(2(11)12)5(14,15)28-6(16,8(20,21)22)9(23,24)27-4(13,3(25)26)7(17,18)19;/h(H,25,26);1H3. The third kappa shape index (κ3) is 5.35. The normalized spacial score (nSPS) is 17.6. The average Bonchev–Trinajstić information content (AvgIpc) is 2.42. The van der Waals surface area contributed by atoms with Gasteiger partial charge < -0.3 is 11.3 Å². The predicted octanol–water partition coefficient (Wildman–Crippen LogP) is 4.99. The molecule has 29 heavy (non-hydrogen) atoms. The van der Waals surface area contributed by atoms with Gasteiger partial charge in [-0.2, -0.15) is 65.9 Å². The van der Waals surface area contributed by atoms with Crippen LogP contribution in [0.5, 0.6) is 0 Å². The van der Waals surface area contributed by atoms with Crippen molar-refractivity contribution in [2.75, 3.05) is 0 Å². The molecule has 20 heteroatoms. The molecular formula is C9H4F15NO4. The molecule has 0 radical (unpaired) electrons. The van der Waals surface area contributed by atoms with E-state index < -0.39 is 54.2 Å². The Bertz CT molecular complexity index is 639. The van der Waals surface area contributed by atoms with Gasteiger partial charge in [0.1, 0.15) is 0 Å². The summed E-state index contributed by atoms with van der Waals surface area (Å²) in [5.41, 5.74) is 0. The molecular weight excluding hydrogens is 471 g/mol. The van der Waals surface area contributed by atoms with E-state index in [9.17, 15) is 70.7 Å². The Morgan fingerprint density at radius 2 is 1.07 bits per heavy atom. The van der Waals surface area contributed by atoms with Crippen LogP contribution in [0.25, 0.3) is 0 Å². The molecule has 0 fully saturated rings. The van der Waals surface area contributed by atoms with E-state index in [-0.39, 0.29) is 6.15 Å². The molecule has 0 aromatic rings. The molecule has 0 heterocycles.